The molecule has 0 spiro atoms. The van der Waals surface area contributed by atoms with Gasteiger partial charge >= 0.3 is 5.97 Å². The number of carboxylic acids is 1. The van der Waals surface area contributed by atoms with Gasteiger partial charge in [0, 0.05) is 6.07 Å². The number of aromatic carboxylic acids is 1. The maximum atomic E-state index is 12.8. The van der Waals surface area contributed by atoms with Gasteiger partial charge in [0.1, 0.15) is 30.2 Å². The number of carbonyl (C=O) groups is 1. The first-order valence-electron chi connectivity index (χ1n) is 4.84. The lowest BCUT2D eigenvalue weighted by Crippen LogP contribution is -1.95. The topological polar surface area (TPSA) is 59.7 Å². The highest BCUT2D eigenvalue weighted by Gasteiger charge is 2.08. The van der Waals surface area contributed by atoms with E-state index < -0.39 is 11.8 Å². The Morgan fingerprint density at radius 3 is 2.88 bits per heavy atom. The number of hydrogen-bond acceptors (Lipinski definition) is 3. The number of furan rings is 1. The van der Waals surface area contributed by atoms with Gasteiger partial charge < -0.3 is 14.3 Å². The van der Waals surface area contributed by atoms with E-state index in [-0.39, 0.29) is 12.2 Å². The number of ether oxygens (including phenoxy) is 1. The Balaban J connectivity index is 2.00. The molecule has 0 saturated heterocycles. The van der Waals surface area contributed by atoms with Crippen LogP contribution in [0, 0.1) is 5.82 Å². The van der Waals surface area contributed by atoms with Crippen LogP contribution in [0.4, 0.5) is 4.39 Å². The molecule has 0 radical (unpaired) electrons. The average Bonchev–Trinajstić information content (AvgIpc) is 2.75. The second-order valence-electron chi connectivity index (χ2n) is 3.35. The van der Waals surface area contributed by atoms with E-state index in [1.165, 1.54) is 24.3 Å². The summed E-state index contributed by atoms with van der Waals surface area (Å²) in [6.45, 7) is 0.0523. The Morgan fingerprint density at radius 2 is 2.24 bits per heavy atom. The molecule has 17 heavy (non-hydrogen) atoms. The van der Waals surface area contributed by atoms with E-state index in [0.29, 0.717) is 11.5 Å². The van der Waals surface area contributed by atoms with Gasteiger partial charge in [0.2, 0.25) is 0 Å². The lowest BCUT2D eigenvalue weighted by molar-refractivity contribution is 0.0696. The smallest absolute Gasteiger partial charge is 0.338 e. The average molecular weight is 236 g/mol. The number of benzene rings is 1. The summed E-state index contributed by atoms with van der Waals surface area (Å²) < 4.78 is 23.0. The minimum absolute atomic E-state index is 0.0523. The molecule has 1 aromatic heterocycles. The minimum atomic E-state index is -1.06. The molecule has 0 unspecified atom stereocenters. The van der Waals surface area contributed by atoms with E-state index in [4.69, 9.17) is 14.3 Å². The van der Waals surface area contributed by atoms with E-state index in [1.54, 1.807) is 6.07 Å². The Labute approximate surface area is 96.2 Å². The van der Waals surface area contributed by atoms with Gasteiger partial charge in [-0.05, 0) is 18.2 Å². The van der Waals surface area contributed by atoms with E-state index in [2.05, 4.69) is 0 Å². The molecule has 0 aliphatic rings. The monoisotopic (exact) mass is 236 g/mol. The fourth-order valence-corrected chi connectivity index (χ4v) is 1.28. The van der Waals surface area contributed by atoms with Crippen molar-refractivity contribution >= 4 is 5.97 Å². The van der Waals surface area contributed by atoms with E-state index in [1.807, 2.05) is 0 Å². The third-order valence-corrected chi connectivity index (χ3v) is 2.08. The molecule has 5 heteroatoms. The summed E-state index contributed by atoms with van der Waals surface area (Å²) in [5, 5.41) is 8.67. The maximum Gasteiger partial charge on any atom is 0.338 e. The zero-order valence-corrected chi connectivity index (χ0v) is 8.72. The van der Waals surface area contributed by atoms with Crippen LogP contribution in [-0.2, 0) is 6.61 Å². The van der Waals surface area contributed by atoms with Gasteiger partial charge in [0.25, 0.3) is 0 Å². The van der Waals surface area contributed by atoms with Gasteiger partial charge in [-0.25, -0.2) is 9.18 Å². The standard InChI is InChI=1S/C12H9FO4/c13-9-2-1-3-10(5-9)17-7-11-4-8(6-16-11)12(14)15/h1-6H,7H2,(H,14,15). The summed E-state index contributed by atoms with van der Waals surface area (Å²) in [6.07, 6.45) is 1.13. The van der Waals surface area contributed by atoms with Gasteiger partial charge in [-0.3, -0.25) is 0 Å². The fourth-order valence-electron chi connectivity index (χ4n) is 1.28. The first kappa shape index (κ1) is 11.2. The van der Waals surface area contributed by atoms with Crippen LogP contribution < -0.4 is 4.74 Å². The second-order valence-corrected chi connectivity index (χ2v) is 3.35. The molecule has 4 nitrogen and oxygen atoms in total. The van der Waals surface area contributed by atoms with Crippen LogP contribution in [0.15, 0.2) is 41.0 Å². The first-order chi connectivity index (χ1) is 8.15. The zero-order valence-electron chi connectivity index (χ0n) is 8.72. The van der Waals surface area contributed by atoms with E-state index in [9.17, 15) is 9.18 Å². The maximum absolute atomic E-state index is 12.8. The highest BCUT2D eigenvalue weighted by molar-refractivity contribution is 5.87. The third-order valence-electron chi connectivity index (χ3n) is 2.08. The second kappa shape index (κ2) is 4.69. The van der Waals surface area contributed by atoms with Crippen molar-refractivity contribution in [1.29, 1.82) is 0 Å². The molecule has 0 atom stereocenters. The van der Waals surface area contributed by atoms with Crippen LogP contribution >= 0.6 is 0 Å². The van der Waals surface area contributed by atoms with Crippen molar-refractivity contribution in [3.05, 3.63) is 53.7 Å². The van der Waals surface area contributed by atoms with Crippen LogP contribution in [0.1, 0.15) is 16.1 Å². The molecule has 0 aliphatic carbocycles. The predicted octanol–water partition coefficient (Wildman–Crippen LogP) is 2.70. The summed E-state index contributed by atoms with van der Waals surface area (Å²) >= 11 is 0. The van der Waals surface area contributed by atoms with Crippen molar-refractivity contribution in [2.75, 3.05) is 0 Å². The lowest BCUT2D eigenvalue weighted by atomic mass is 10.3. The molecular weight excluding hydrogens is 227 g/mol. The summed E-state index contributed by atoms with van der Waals surface area (Å²) in [6, 6.07) is 7.03. The van der Waals surface area contributed by atoms with Gasteiger partial charge in [0.05, 0.1) is 5.56 Å². The van der Waals surface area contributed by atoms with Crippen molar-refractivity contribution in [3.63, 3.8) is 0 Å². The highest BCUT2D eigenvalue weighted by atomic mass is 19.1. The molecule has 0 saturated carbocycles. The van der Waals surface area contributed by atoms with Crippen LogP contribution in [0.2, 0.25) is 0 Å². The molecule has 2 rings (SSSR count). The van der Waals surface area contributed by atoms with Crippen LogP contribution in [0.3, 0.4) is 0 Å². The Morgan fingerprint density at radius 1 is 1.41 bits per heavy atom. The van der Waals surface area contributed by atoms with Gasteiger partial charge in [-0.2, -0.15) is 0 Å². The third kappa shape index (κ3) is 2.84. The highest BCUT2D eigenvalue weighted by Crippen LogP contribution is 2.15. The predicted molar refractivity (Wildman–Crippen MR) is 56.4 cm³/mol. The SMILES string of the molecule is O=C(O)c1coc(COc2cccc(F)c2)c1. The largest absolute Gasteiger partial charge is 0.486 e. The molecule has 88 valence electrons. The number of hydrogen-bond donors (Lipinski definition) is 1. The van der Waals surface area contributed by atoms with Crippen molar-refractivity contribution in [2.24, 2.45) is 0 Å². The number of carboxylic acid groups (broad SMARTS) is 1. The molecule has 1 aromatic carbocycles. The molecule has 1 N–H and O–H groups in total. The number of rotatable bonds is 4. The molecule has 0 fully saturated rings. The molecule has 0 bridgehead atoms. The minimum Gasteiger partial charge on any atom is -0.486 e. The normalized spacial score (nSPS) is 10.2. The number of halogens is 1. The summed E-state index contributed by atoms with van der Waals surface area (Å²) in [5.74, 6) is -0.733. The molecule has 1 heterocycles. The quantitative estimate of drug-likeness (QED) is 0.886. The van der Waals surface area contributed by atoms with Crippen molar-refractivity contribution in [1.82, 2.24) is 0 Å². The van der Waals surface area contributed by atoms with Crippen molar-refractivity contribution < 1.29 is 23.4 Å². The summed E-state index contributed by atoms with van der Waals surface area (Å²) in [4.78, 5) is 10.6. The molecule has 2 aromatic rings. The molecule has 0 amide bonds. The van der Waals surface area contributed by atoms with Crippen LogP contribution in [0.5, 0.6) is 5.75 Å². The van der Waals surface area contributed by atoms with Gasteiger partial charge in [-0.1, -0.05) is 6.07 Å². The van der Waals surface area contributed by atoms with Crippen molar-refractivity contribution in [2.45, 2.75) is 6.61 Å². The lowest BCUT2D eigenvalue weighted by Gasteiger charge is -2.03. The van der Waals surface area contributed by atoms with Crippen molar-refractivity contribution in [3.8, 4) is 5.75 Å². The molecule has 0 aliphatic heterocycles. The van der Waals surface area contributed by atoms with E-state index >= 15 is 0 Å². The van der Waals surface area contributed by atoms with Gasteiger partial charge in [-0.15, -0.1) is 0 Å². The van der Waals surface area contributed by atoms with E-state index in [0.717, 1.165) is 6.26 Å². The summed E-state index contributed by atoms with van der Waals surface area (Å²) in [7, 11) is 0. The Kier molecular flexibility index (Phi) is 3.09. The first-order valence-corrected chi connectivity index (χ1v) is 4.84. The summed E-state index contributed by atoms with van der Waals surface area (Å²) in [5.41, 5.74) is 0.0582. The Bertz CT molecular complexity index is 533. The zero-order chi connectivity index (χ0) is 12.3. The van der Waals surface area contributed by atoms with Gasteiger partial charge in [0.15, 0.2) is 0 Å². The van der Waals surface area contributed by atoms with Crippen LogP contribution in [-0.4, -0.2) is 11.1 Å². The Hall–Kier alpha value is -2.30. The van der Waals surface area contributed by atoms with Crippen LogP contribution in [0.25, 0.3) is 0 Å². The molecular formula is C12H9FO4. The fraction of sp³-hybridized carbons (Fsp3) is 0.0833.